The molecule has 1 amide bonds. The van der Waals surface area contributed by atoms with Crippen molar-refractivity contribution in [3.63, 3.8) is 0 Å². The van der Waals surface area contributed by atoms with E-state index >= 15 is 0 Å². The van der Waals surface area contributed by atoms with Crippen molar-refractivity contribution in [3.05, 3.63) is 20.3 Å². The number of carbonyl (C=O) groups excluding carboxylic acids is 1. The molecule has 1 aromatic heterocycles. The van der Waals surface area contributed by atoms with E-state index in [1.807, 2.05) is 7.05 Å². The highest BCUT2D eigenvalue weighted by molar-refractivity contribution is 9.11. The summed E-state index contributed by atoms with van der Waals surface area (Å²) in [7, 11) is 1.86. The van der Waals surface area contributed by atoms with Gasteiger partial charge in [0.05, 0.1) is 3.79 Å². The minimum Gasteiger partial charge on any atom is -0.341 e. The Labute approximate surface area is 89.7 Å². The third-order valence-electron chi connectivity index (χ3n) is 2.27. The summed E-state index contributed by atoms with van der Waals surface area (Å²) in [6.45, 7) is 0.760. The van der Waals surface area contributed by atoms with Gasteiger partial charge in [-0.1, -0.05) is 0 Å². The molecule has 13 heavy (non-hydrogen) atoms. The van der Waals surface area contributed by atoms with Crippen molar-refractivity contribution < 1.29 is 4.79 Å². The minimum absolute atomic E-state index is 0.250. The first-order chi connectivity index (χ1) is 6.16. The lowest BCUT2D eigenvalue weighted by Gasteiger charge is -2.12. The molecule has 1 aliphatic heterocycles. The Balaban J connectivity index is 2.33. The van der Waals surface area contributed by atoms with Gasteiger partial charge in [0.25, 0.3) is 0 Å². The molecular formula is C9H10BrNOS. The fourth-order valence-electron chi connectivity index (χ4n) is 1.53. The van der Waals surface area contributed by atoms with Crippen LogP contribution in [0.3, 0.4) is 0 Å². The first-order valence-corrected chi connectivity index (χ1v) is 5.79. The molecule has 0 spiro atoms. The van der Waals surface area contributed by atoms with Crippen molar-refractivity contribution in [2.45, 2.75) is 19.4 Å². The van der Waals surface area contributed by atoms with Crippen molar-refractivity contribution in [2.75, 3.05) is 7.05 Å². The Bertz CT molecular complexity index is 347. The minimum atomic E-state index is 0.250. The first-order valence-electron chi connectivity index (χ1n) is 4.18. The SMILES string of the molecule is CN1Cc2cc(Br)sc2CCC1=O. The van der Waals surface area contributed by atoms with Gasteiger partial charge in [0, 0.05) is 24.9 Å². The van der Waals surface area contributed by atoms with Gasteiger partial charge in [-0.15, -0.1) is 11.3 Å². The number of thiophene rings is 1. The van der Waals surface area contributed by atoms with Crippen LogP contribution in [0.15, 0.2) is 9.85 Å². The molecule has 4 heteroatoms. The Morgan fingerprint density at radius 2 is 2.31 bits per heavy atom. The van der Waals surface area contributed by atoms with E-state index in [0.29, 0.717) is 6.42 Å². The molecule has 0 saturated heterocycles. The van der Waals surface area contributed by atoms with Gasteiger partial charge in [-0.05, 0) is 34.0 Å². The van der Waals surface area contributed by atoms with Crippen LogP contribution < -0.4 is 0 Å². The second kappa shape index (κ2) is 3.42. The highest BCUT2D eigenvalue weighted by atomic mass is 79.9. The van der Waals surface area contributed by atoms with E-state index in [2.05, 4.69) is 22.0 Å². The molecular weight excluding hydrogens is 250 g/mol. The highest BCUT2D eigenvalue weighted by Gasteiger charge is 2.18. The van der Waals surface area contributed by atoms with Crippen LogP contribution in [0.5, 0.6) is 0 Å². The van der Waals surface area contributed by atoms with Crippen molar-refractivity contribution in [1.82, 2.24) is 4.90 Å². The Morgan fingerprint density at radius 1 is 1.54 bits per heavy atom. The molecule has 1 aliphatic rings. The highest BCUT2D eigenvalue weighted by Crippen LogP contribution is 2.30. The molecule has 2 nitrogen and oxygen atoms in total. The fraction of sp³-hybridized carbons (Fsp3) is 0.444. The summed E-state index contributed by atoms with van der Waals surface area (Å²) < 4.78 is 1.17. The molecule has 2 rings (SSSR count). The summed E-state index contributed by atoms with van der Waals surface area (Å²) in [5, 5.41) is 0. The van der Waals surface area contributed by atoms with Gasteiger partial charge in [-0.3, -0.25) is 4.79 Å². The summed E-state index contributed by atoms with van der Waals surface area (Å²) in [6, 6.07) is 2.12. The Morgan fingerprint density at radius 3 is 3.08 bits per heavy atom. The van der Waals surface area contributed by atoms with Crippen molar-refractivity contribution >= 4 is 33.2 Å². The summed E-state index contributed by atoms with van der Waals surface area (Å²) >= 11 is 5.21. The van der Waals surface area contributed by atoms with E-state index in [1.165, 1.54) is 14.2 Å². The summed E-state index contributed by atoms with van der Waals surface area (Å²) in [5.74, 6) is 0.250. The molecule has 2 heterocycles. The molecule has 70 valence electrons. The van der Waals surface area contributed by atoms with Crippen LogP contribution in [-0.2, 0) is 17.8 Å². The van der Waals surface area contributed by atoms with Crippen LogP contribution in [0, 0.1) is 0 Å². The number of fused-ring (bicyclic) bond motifs is 1. The third-order valence-corrected chi connectivity index (χ3v) is 4.01. The topological polar surface area (TPSA) is 20.3 Å². The van der Waals surface area contributed by atoms with E-state index in [4.69, 9.17) is 0 Å². The number of rotatable bonds is 0. The zero-order chi connectivity index (χ0) is 9.42. The maximum Gasteiger partial charge on any atom is 0.222 e. The van der Waals surface area contributed by atoms with Gasteiger partial charge in [-0.25, -0.2) is 0 Å². The normalized spacial score (nSPS) is 17.1. The standard InChI is InChI=1S/C9H10BrNOS/c1-11-5-6-4-8(10)13-7(6)2-3-9(11)12/h4H,2-3,5H2,1H3. The summed E-state index contributed by atoms with van der Waals surface area (Å²) in [5.41, 5.74) is 1.30. The molecule has 0 aromatic carbocycles. The van der Waals surface area contributed by atoms with Gasteiger partial charge in [0.1, 0.15) is 0 Å². The van der Waals surface area contributed by atoms with Crippen LogP contribution in [-0.4, -0.2) is 17.9 Å². The molecule has 0 saturated carbocycles. The maximum atomic E-state index is 11.4. The largest absolute Gasteiger partial charge is 0.341 e. The van der Waals surface area contributed by atoms with Crippen LogP contribution >= 0.6 is 27.3 Å². The van der Waals surface area contributed by atoms with Gasteiger partial charge in [-0.2, -0.15) is 0 Å². The van der Waals surface area contributed by atoms with E-state index in [9.17, 15) is 4.79 Å². The first kappa shape index (κ1) is 9.21. The monoisotopic (exact) mass is 259 g/mol. The second-order valence-electron chi connectivity index (χ2n) is 3.25. The van der Waals surface area contributed by atoms with Crippen molar-refractivity contribution in [2.24, 2.45) is 0 Å². The van der Waals surface area contributed by atoms with Crippen LogP contribution in [0.2, 0.25) is 0 Å². The zero-order valence-electron chi connectivity index (χ0n) is 7.34. The number of aryl methyl sites for hydroxylation is 1. The van der Waals surface area contributed by atoms with E-state index in [-0.39, 0.29) is 5.91 Å². The van der Waals surface area contributed by atoms with Crippen LogP contribution in [0.1, 0.15) is 16.9 Å². The van der Waals surface area contributed by atoms with E-state index in [0.717, 1.165) is 13.0 Å². The number of hydrogen-bond acceptors (Lipinski definition) is 2. The molecule has 0 unspecified atom stereocenters. The van der Waals surface area contributed by atoms with Gasteiger partial charge in [0.2, 0.25) is 5.91 Å². The van der Waals surface area contributed by atoms with Crippen LogP contribution in [0.4, 0.5) is 0 Å². The Kier molecular flexibility index (Phi) is 2.43. The average molecular weight is 260 g/mol. The number of halogens is 1. The van der Waals surface area contributed by atoms with Gasteiger partial charge in [0.15, 0.2) is 0 Å². The van der Waals surface area contributed by atoms with Gasteiger partial charge < -0.3 is 4.90 Å². The lowest BCUT2D eigenvalue weighted by atomic mass is 10.2. The van der Waals surface area contributed by atoms with Crippen molar-refractivity contribution in [3.8, 4) is 0 Å². The smallest absolute Gasteiger partial charge is 0.222 e. The number of carbonyl (C=O) groups is 1. The predicted molar refractivity (Wildman–Crippen MR) is 56.8 cm³/mol. The molecule has 0 N–H and O–H groups in total. The zero-order valence-corrected chi connectivity index (χ0v) is 9.74. The van der Waals surface area contributed by atoms with Gasteiger partial charge >= 0.3 is 0 Å². The number of hydrogen-bond donors (Lipinski definition) is 0. The summed E-state index contributed by atoms with van der Waals surface area (Å²) in [6.07, 6.45) is 1.55. The van der Waals surface area contributed by atoms with Crippen molar-refractivity contribution in [1.29, 1.82) is 0 Å². The molecule has 0 atom stereocenters. The second-order valence-corrected chi connectivity index (χ2v) is 5.76. The molecule has 0 radical (unpaired) electrons. The maximum absolute atomic E-state index is 11.4. The predicted octanol–water partition coefficient (Wildman–Crippen LogP) is 2.42. The molecule has 0 bridgehead atoms. The summed E-state index contributed by atoms with van der Waals surface area (Å²) in [4.78, 5) is 14.5. The molecule has 0 aliphatic carbocycles. The lowest BCUT2D eigenvalue weighted by Crippen LogP contribution is -2.23. The Hall–Kier alpha value is -0.350. The van der Waals surface area contributed by atoms with Crippen LogP contribution in [0.25, 0.3) is 0 Å². The molecule has 1 aromatic rings. The fourth-order valence-corrected chi connectivity index (χ4v) is 3.29. The number of amides is 1. The number of nitrogens with zero attached hydrogens (tertiary/aromatic N) is 1. The van der Waals surface area contributed by atoms with E-state index < -0.39 is 0 Å². The van der Waals surface area contributed by atoms with E-state index in [1.54, 1.807) is 16.2 Å². The quantitative estimate of drug-likeness (QED) is 0.701. The third kappa shape index (κ3) is 1.79. The lowest BCUT2D eigenvalue weighted by molar-refractivity contribution is -0.130. The molecule has 0 fully saturated rings. The average Bonchev–Trinajstić information content (AvgIpc) is 2.36.